The van der Waals surface area contributed by atoms with Gasteiger partial charge in [0.25, 0.3) is 0 Å². The number of benzene rings is 1. The van der Waals surface area contributed by atoms with E-state index in [4.69, 9.17) is 9.84 Å². The van der Waals surface area contributed by atoms with Crippen molar-refractivity contribution < 1.29 is 14.6 Å². The summed E-state index contributed by atoms with van der Waals surface area (Å²) in [6, 6.07) is 10.5. The minimum atomic E-state index is -0.470. The quantitative estimate of drug-likeness (QED) is 0.611. The van der Waals surface area contributed by atoms with Crippen molar-refractivity contribution in [3.05, 3.63) is 35.9 Å². The molecule has 0 fully saturated rings. The second-order valence-corrected chi connectivity index (χ2v) is 6.57. The number of alkyl carbamates (subject to hydrolysis) is 1. The number of nitrogens with one attached hydrogen (secondary N) is 2. The summed E-state index contributed by atoms with van der Waals surface area (Å²) < 4.78 is 5.22. The molecule has 130 valence electrons. The summed E-state index contributed by atoms with van der Waals surface area (Å²) in [4.78, 5) is 11.6. The number of rotatable bonds is 9. The van der Waals surface area contributed by atoms with E-state index < -0.39 is 5.60 Å². The molecule has 5 heteroatoms. The number of carbonyl (C=O) groups excluding carboxylic acids is 1. The van der Waals surface area contributed by atoms with Gasteiger partial charge in [-0.1, -0.05) is 30.3 Å². The number of hydrogen-bond acceptors (Lipinski definition) is 4. The molecular formula is C18H30N2O3. The molecule has 0 aliphatic rings. The molecule has 3 N–H and O–H groups in total. The molecule has 0 radical (unpaired) electrons. The lowest BCUT2D eigenvalue weighted by molar-refractivity contribution is 0.0526. The summed E-state index contributed by atoms with van der Waals surface area (Å²) in [6.45, 7) is 7.10. The largest absolute Gasteiger partial charge is 0.444 e. The van der Waals surface area contributed by atoms with Crippen LogP contribution in [0.1, 0.15) is 51.6 Å². The Morgan fingerprint density at radius 2 is 1.87 bits per heavy atom. The molecule has 1 aromatic rings. The van der Waals surface area contributed by atoms with E-state index in [9.17, 15) is 4.79 Å². The first kappa shape index (κ1) is 19.5. The number of carbonyl (C=O) groups is 1. The smallest absolute Gasteiger partial charge is 0.407 e. The molecular weight excluding hydrogens is 292 g/mol. The first-order chi connectivity index (χ1) is 10.9. The molecule has 0 aliphatic heterocycles. The van der Waals surface area contributed by atoms with Gasteiger partial charge in [-0.3, -0.25) is 0 Å². The molecule has 1 amide bonds. The fourth-order valence-corrected chi connectivity index (χ4v) is 2.24. The Hall–Kier alpha value is -1.59. The lowest BCUT2D eigenvalue weighted by atomic mass is 10.0. The standard InChI is InChI=1S/C18H30N2O3/c1-18(2,3)23-17(22)20-12-7-11-16(19-13-8-14-21)15-9-5-4-6-10-15/h4-6,9-10,16,19,21H,7-8,11-14H2,1-3H3,(H,20,22)/t16-/m0/s1. The fraction of sp³-hybridized carbons (Fsp3) is 0.611. The van der Waals surface area contributed by atoms with Crippen LogP contribution in [0.2, 0.25) is 0 Å². The number of ether oxygens (including phenoxy) is 1. The van der Waals surface area contributed by atoms with Gasteiger partial charge in [0.05, 0.1) is 0 Å². The third-order valence-electron chi connectivity index (χ3n) is 3.27. The topological polar surface area (TPSA) is 70.6 Å². The molecule has 0 saturated heterocycles. The normalized spacial score (nSPS) is 12.7. The number of aliphatic hydroxyl groups excluding tert-OH is 1. The Labute approximate surface area is 139 Å². The third-order valence-corrected chi connectivity index (χ3v) is 3.27. The molecule has 5 nitrogen and oxygen atoms in total. The molecule has 0 spiro atoms. The molecule has 0 unspecified atom stereocenters. The van der Waals surface area contributed by atoms with Crippen LogP contribution in [0.25, 0.3) is 0 Å². The Bertz CT molecular complexity index is 443. The van der Waals surface area contributed by atoms with Gasteiger partial charge in [-0.15, -0.1) is 0 Å². The van der Waals surface area contributed by atoms with Crippen LogP contribution in [-0.4, -0.2) is 36.5 Å². The summed E-state index contributed by atoms with van der Waals surface area (Å²) in [5.41, 5.74) is 0.755. The maximum absolute atomic E-state index is 11.6. The molecule has 1 atom stereocenters. The second-order valence-electron chi connectivity index (χ2n) is 6.57. The SMILES string of the molecule is CC(C)(C)OC(=O)NCCC[C@H](NCCCO)c1ccccc1. The molecule has 0 heterocycles. The van der Waals surface area contributed by atoms with Gasteiger partial charge < -0.3 is 20.5 Å². The van der Waals surface area contributed by atoms with E-state index in [1.165, 1.54) is 5.56 Å². The van der Waals surface area contributed by atoms with Crippen molar-refractivity contribution in [1.29, 1.82) is 0 Å². The van der Waals surface area contributed by atoms with E-state index >= 15 is 0 Å². The van der Waals surface area contributed by atoms with E-state index in [1.54, 1.807) is 0 Å². The van der Waals surface area contributed by atoms with Crippen molar-refractivity contribution in [2.75, 3.05) is 19.7 Å². The van der Waals surface area contributed by atoms with Gasteiger partial charge in [0, 0.05) is 19.2 Å². The van der Waals surface area contributed by atoms with Gasteiger partial charge in [0.1, 0.15) is 5.60 Å². The summed E-state index contributed by atoms with van der Waals surface area (Å²) >= 11 is 0. The van der Waals surface area contributed by atoms with Crippen LogP contribution in [-0.2, 0) is 4.74 Å². The highest BCUT2D eigenvalue weighted by Crippen LogP contribution is 2.18. The lowest BCUT2D eigenvalue weighted by Crippen LogP contribution is -2.33. The maximum atomic E-state index is 11.6. The van der Waals surface area contributed by atoms with Crippen molar-refractivity contribution in [3.8, 4) is 0 Å². The van der Waals surface area contributed by atoms with Gasteiger partial charge in [-0.25, -0.2) is 4.79 Å². The van der Waals surface area contributed by atoms with Gasteiger partial charge in [-0.2, -0.15) is 0 Å². The van der Waals surface area contributed by atoms with Crippen LogP contribution in [0.3, 0.4) is 0 Å². The average Bonchev–Trinajstić information content (AvgIpc) is 2.49. The van der Waals surface area contributed by atoms with Gasteiger partial charge in [0.2, 0.25) is 0 Å². The molecule has 1 aromatic carbocycles. The van der Waals surface area contributed by atoms with Crippen molar-refractivity contribution in [1.82, 2.24) is 10.6 Å². The van der Waals surface area contributed by atoms with Crippen molar-refractivity contribution in [3.63, 3.8) is 0 Å². The zero-order valence-electron chi connectivity index (χ0n) is 14.5. The second kappa shape index (κ2) is 10.2. The van der Waals surface area contributed by atoms with Crippen LogP contribution in [0.4, 0.5) is 4.79 Å². The Kier molecular flexibility index (Phi) is 8.66. The van der Waals surface area contributed by atoms with Crippen LogP contribution in [0.15, 0.2) is 30.3 Å². The van der Waals surface area contributed by atoms with Crippen molar-refractivity contribution in [2.24, 2.45) is 0 Å². The van der Waals surface area contributed by atoms with E-state index in [1.807, 2.05) is 39.0 Å². The molecule has 0 bridgehead atoms. The molecule has 0 aromatic heterocycles. The van der Waals surface area contributed by atoms with Gasteiger partial charge in [-0.05, 0) is 52.1 Å². The zero-order valence-corrected chi connectivity index (χ0v) is 14.5. The average molecular weight is 322 g/mol. The van der Waals surface area contributed by atoms with Crippen molar-refractivity contribution >= 4 is 6.09 Å². The predicted octanol–water partition coefficient (Wildman–Crippen LogP) is 3.00. The number of amides is 1. The maximum Gasteiger partial charge on any atom is 0.407 e. The van der Waals surface area contributed by atoms with E-state index in [0.717, 1.165) is 25.8 Å². The zero-order chi connectivity index (χ0) is 17.1. The Morgan fingerprint density at radius 1 is 1.17 bits per heavy atom. The van der Waals surface area contributed by atoms with Gasteiger partial charge in [0.15, 0.2) is 0 Å². The number of aliphatic hydroxyl groups is 1. The van der Waals surface area contributed by atoms with Crippen LogP contribution in [0, 0.1) is 0 Å². The van der Waals surface area contributed by atoms with Crippen LogP contribution in [0.5, 0.6) is 0 Å². The Balaban J connectivity index is 2.38. The predicted molar refractivity (Wildman–Crippen MR) is 92.4 cm³/mol. The van der Waals surface area contributed by atoms with Gasteiger partial charge >= 0.3 is 6.09 Å². The molecule has 0 saturated carbocycles. The highest BCUT2D eigenvalue weighted by atomic mass is 16.6. The summed E-state index contributed by atoms with van der Waals surface area (Å²) in [5.74, 6) is 0. The molecule has 0 aliphatic carbocycles. The van der Waals surface area contributed by atoms with E-state index in [2.05, 4.69) is 22.8 Å². The molecule has 23 heavy (non-hydrogen) atoms. The minimum Gasteiger partial charge on any atom is -0.444 e. The summed E-state index contributed by atoms with van der Waals surface area (Å²) in [5, 5.41) is 15.2. The van der Waals surface area contributed by atoms with Crippen molar-refractivity contribution in [2.45, 2.75) is 51.7 Å². The van der Waals surface area contributed by atoms with Crippen LogP contribution >= 0.6 is 0 Å². The van der Waals surface area contributed by atoms with E-state index in [-0.39, 0.29) is 18.7 Å². The minimum absolute atomic E-state index is 0.189. The molecule has 1 rings (SSSR count). The monoisotopic (exact) mass is 322 g/mol. The summed E-state index contributed by atoms with van der Waals surface area (Å²) in [7, 11) is 0. The Morgan fingerprint density at radius 3 is 2.48 bits per heavy atom. The van der Waals surface area contributed by atoms with Crippen LogP contribution < -0.4 is 10.6 Å². The first-order valence-corrected chi connectivity index (χ1v) is 8.28. The summed E-state index contributed by atoms with van der Waals surface area (Å²) in [6.07, 6.45) is 2.12. The van der Waals surface area contributed by atoms with E-state index in [0.29, 0.717) is 6.54 Å². The fourth-order valence-electron chi connectivity index (χ4n) is 2.24. The highest BCUT2D eigenvalue weighted by Gasteiger charge is 2.16. The third kappa shape index (κ3) is 9.21. The number of hydrogen-bond donors (Lipinski definition) is 3. The lowest BCUT2D eigenvalue weighted by Gasteiger charge is -2.21. The first-order valence-electron chi connectivity index (χ1n) is 8.28. The highest BCUT2D eigenvalue weighted by molar-refractivity contribution is 5.67.